The van der Waals surface area contributed by atoms with E-state index in [1.165, 1.54) is 48.5 Å². The summed E-state index contributed by atoms with van der Waals surface area (Å²) < 4.78 is 30.7. The van der Waals surface area contributed by atoms with Crippen molar-refractivity contribution in [2.45, 2.75) is 25.8 Å². The monoisotopic (exact) mass is 1180 g/mol. The van der Waals surface area contributed by atoms with Gasteiger partial charge in [0.25, 0.3) is 33.6 Å². The summed E-state index contributed by atoms with van der Waals surface area (Å²) in [6, 6.07) is 28.8. The molecular formula is C48H33F2I2N11O8. The van der Waals surface area contributed by atoms with Crippen LogP contribution in [0.2, 0.25) is 0 Å². The lowest BCUT2D eigenvalue weighted by atomic mass is 10.1. The highest BCUT2D eigenvalue weighted by atomic mass is 127. The van der Waals surface area contributed by atoms with Gasteiger partial charge in [-0.1, -0.05) is 42.5 Å². The standard InChI is InChI=1S/C20H19N5O2.2C14H7FIN3O3/c26-19-17-12-6-4-7-13-16(12)24-25(20(13)27)11-3-1-2-10-21-14-8-5-9-15(22-19)18(14)23-17;15-11-7(3-1-4-8(11)16)12-14(20)17-9-5-2-6-10(19(21)22)13(9)18-12;15-11-7(3-1-4-8(11)16)12-14(20)18-13-9(17-12)5-2-6-10(13)19(21)22/h4-9,21,24H,1-3,10-11H2,(H,22,26);1-6H,(H,17,20);1-6H,(H,18,20). The molecule has 71 heavy (non-hydrogen) atoms. The lowest BCUT2D eigenvalue weighted by molar-refractivity contribution is -0.383. The van der Waals surface area contributed by atoms with E-state index in [2.05, 4.69) is 35.3 Å². The molecule has 0 atom stereocenters. The van der Waals surface area contributed by atoms with E-state index in [0.717, 1.165) is 37.0 Å². The van der Waals surface area contributed by atoms with Crippen molar-refractivity contribution < 1.29 is 18.6 Å². The average Bonchev–Trinajstić information content (AvgIpc) is 3.68. The molecular weight excluding hydrogens is 1150 g/mol. The van der Waals surface area contributed by atoms with Crippen LogP contribution in [0.4, 0.5) is 25.8 Å². The van der Waals surface area contributed by atoms with Gasteiger partial charge >= 0.3 is 0 Å². The van der Waals surface area contributed by atoms with E-state index in [0.29, 0.717) is 41.4 Å². The van der Waals surface area contributed by atoms with Gasteiger partial charge in [0.05, 0.1) is 43.0 Å². The molecule has 0 amide bonds. The lowest BCUT2D eigenvalue weighted by Crippen LogP contribution is -2.16. The maximum atomic E-state index is 14.2. The fourth-order valence-electron chi connectivity index (χ4n) is 7.99. The van der Waals surface area contributed by atoms with Crippen molar-refractivity contribution in [2.24, 2.45) is 0 Å². The fourth-order valence-corrected chi connectivity index (χ4v) is 8.99. The van der Waals surface area contributed by atoms with Gasteiger partial charge in [-0.2, -0.15) is 0 Å². The zero-order valence-electron chi connectivity index (χ0n) is 36.4. The zero-order chi connectivity index (χ0) is 50.1. The Bertz CT molecular complexity index is 4040. The lowest BCUT2D eigenvalue weighted by Gasteiger charge is -2.11. The Balaban J connectivity index is 0.000000133. The number of aromatic amines is 4. The number of aromatic nitrogens is 8. The predicted octanol–water partition coefficient (Wildman–Crippen LogP) is 9.31. The van der Waals surface area contributed by atoms with Crippen LogP contribution in [0.5, 0.6) is 0 Å². The summed E-state index contributed by atoms with van der Waals surface area (Å²) in [5.74, 6) is -1.13. The highest BCUT2D eigenvalue weighted by molar-refractivity contribution is 14.1. The van der Waals surface area contributed by atoms with Crippen molar-refractivity contribution in [1.29, 1.82) is 0 Å². The fraction of sp³-hybridized carbons (Fsp3) is 0.104. The molecule has 0 saturated heterocycles. The third-order valence-electron chi connectivity index (χ3n) is 11.4. The first-order valence-electron chi connectivity index (χ1n) is 21.4. The molecule has 5 heterocycles. The van der Waals surface area contributed by atoms with Gasteiger partial charge in [0, 0.05) is 49.1 Å². The van der Waals surface area contributed by atoms with Gasteiger partial charge < -0.3 is 20.3 Å². The first kappa shape index (κ1) is 48.0. The van der Waals surface area contributed by atoms with Crippen molar-refractivity contribution >= 4 is 106 Å². The molecule has 0 radical (unpaired) electrons. The van der Waals surface area contributed by atoms with E-state index < -0.39 is 32.6 Å². The summed E-state index contributed by atoms with van der Waals surface area (Å²) in [7, 11) is 0. The molecule has 356 valence electrons. The van der Waals surface area contributed by atoms with E-state index in [4.69, 9.17) is 4.98 Å². The van der Waals surface area contributed by atoms with Crippen LogP contribution in [0.3, 0.4) is 0 Å². The van der Waals surface area contributed by atoms with Crippen LogP contribution < -0.4 is 27.6 Å². The van der Waals surface area contributed by atoms with Crippen LogP contribution in [0.15, 0.2) is 128 Å². The normalized spacial score (nSPS) is 12.2. The molecule has 5 N–H and O–H groups in total. The Kier molecular flexibility index (Phi) is 13.6. The second-order valence-corrected chi connectivity index (χ2v) is 18.1. The number of benzene rings is 6. The molecule has 4 aromatic heterocycles. The Morgan fingerprint density at radius 1 is 0.563 bits per heavy atom. The third-order valence-corrected chi connectivity index (χ3v) is 13.0. The van der Waals surface area contributed by atoms with Crippen molar-refractivity contribution in [3.8, 4) is 33.8 Å². The number of nitro benzene ring substituents is 2. The molecule has 19 nitrogen and oxygen atoms in total. The van der Waals surface area contributed by atoms with Gasteiger partial charge in [0.1, 0.15) is 39.7 Å². The van der Waals surface area contributed by atoms with Crippen LogP contribution in [-0.4, -0.2) is 56.1 Å². The second-order valence-electron chi connectivity index (χ2n) is 15.8. The number of H-pyrrole nitrogens is 4. The molecule has 0 unspecified atom stereocenters. The maximum absolute atomic E-state index is 14.2. The highest BCUT2D eigenvalue weighted by Crippen LogP contribution is 2.30. The topological polar surface area (TPSA) is 273 Å². The molecule has 1 aliphatic rings. The molecule has 0 aliphatic carbocycles. The summed E-state index contributed by atoms with van der Waals surface area (Å²) in [5, 5.41) is 29.2. The number of hydrogen-bond donors (Lipinski definition) is 5. The van der Waals surface area contributed by atoms with Gasteiger partial charge in [-0.25, -0.2) is 23.7 Å². The molecule has 4 bridgehead atoms. The second kappa shape index (κ2) is 20.1. The minimum Gasteiger partial charge on any atom is -0.383 e. The Hall–Kier alpha value is -8.07. The number of rotatable bonds is 4. The molecule has 0 spiro atoms. The minimum absolute atomic E-state index is 0.00759. The predicted molar refractivity (Wildman–Crippen MR) is 281 cm³/mol. The van der Waals surface area contributed by atoms with Crippen molar-refractivity contribution in [3.05, 3.63) is 190 Å². The van der Waals surface area contributed by atoms with E-state index in [9.17, 15) is 48.2 Å². The summed E-state index contributed by atoms with van der Waals surface area (Å²) in [6.07, 6.45) is 2.92. The summed E-state index contributed by atoms with van der Waals surface area (Å²) in [5.41, 5.74) is 2.08. The van der Waals surface area contributed by atoms with Gasteiger partial charge in [0.2, 0.25) is 0 Å². The summed E-state index contributed by atoms with van der Waals surface area (Å²) >= 11 is 3.62. The van der Waals surface area contributed by atoms with Crippen LogP contribution in [0.1, 0.15) is 19.3 Å². The number of nitrogens with one attached hydrogen (secondary N) is 5. The molecule has 11 rings (SSSR count). The number of nitrogens with zero attached hydrogens (tertiary/aromatic N) is 6. The first-order valence-corrected chi connectivity index (χ1v) is 23.6. The van der Waals surface area contributed by atoms with Gasteiger partial charge in [-0.15, -0.1) is 0 Å². The van der Waals surface area contributed by atoms with Gasteiger partial charge in [-0.05, 0) is 119 Å². The first-order chi connectivity index (χ1) is 34.2. The molecule has 0 saturated carbocycles. The number of non-ortho nitro benzene ring substituents is 2. The van der Waals surface area contributed by atoms with Crippen LogP contribution in [0, 0.1) is 39.0 Å². The largest absolute Gasteiger partial charge is 0.383 e. The maximum Gasteiger partial charge on any atom is 0.296 e. The van der Waals surface area contributed by atoms with Crippen molar-refractivity contribution in [2.75, 3.05) is 11.9 Å². The SMILES string of the molecule is O=c1[nH]c2c([N+](=O)[O-])cccc2nc1-c1cccc(I)c1F.O=c1[nH]c2cccc([N+](=O)[O-])c2nc1-c1cccc(I)c1F.O=c1[nH]c2cccc3c2nc1-c1cccc2c(=O)n([nH]c12)CCCCCN3. The van der Waals surface area contributed by atoms with Crippen LogP contribution >= 0.6 is 45.2 Å². The van der Waals surface area contributed by atoms with Gasteiger partial charge in [-0.3, -0.25) is 49.2 Å². The van der Waals surface area contributed by atoms with Crippen molar-refractivity contribution in [3.63, 3.8) is 0 Å². The quantitative estimate of drug-likeness (QED) is 0.0626. The third kappa shape index (κ3) is 9.51. The Labute approximate surface area is 423 Å². The minimum atomic E-state index is -0.678. The van der Waals surface area contributed by atoms with E-state index in [-0.39, 0.29) is 67.1 Å². The number of aryl methyl sites for hydroxylation is 1. The summed E-state index contributed by atoms with van der Waals surface area (Å²) in [4.78, 5) is 91.3. The average molecular weight is 1180 g/mol. The number of nitro groups is 2. The number of para-hydroxylation sites is 4. The highest BCUT2D eigenvalue weighted by Gasteiger charge is 2.21. The number of halogens is 4. The summed E-state index contributed by atoms with van der Waals surface area (Å²) in [6.45, 7) is 1.45. The molecule has 1 aliphatic heterocycles. The molecule has 6 aromatic carbocycles. The number of hydrogen-bond acceptors (Lipinski definition) is 12. The van der Waals surface area contributed by atoms with Crippen LogP contribution in [-0.2, 0) is 6.54 Å². The van der Waals surface area contributed by atoms with Gasteiger partial charge in [0.15, 0.2) is 5.52 Å². The molecule has 23 heteroatoms. The van der Waals surface area contributed by atoms with E-state index >= 15 is 0 Å². The van der Waals surface area contributed by atoms with Crippen LogP contribution in [0.25, 0.3) is 77.8 Å². The smallest absolute Gasteiger partial charge is 0.296 e. The number of fused-ring (bicyclic) bond motifs is 5. The molecule has 10 aromatic rings. The Morgan fingerprint density at radius 2 is 1.10 bits per heavy atom. The molecule has 0 fully saturated rings. The van der Waals surface area contributed by atoms with Crippen molar-refractivity contribution in [1.82, 2.24) is 39.7 Å². The van der Waals surface area contributed by atoms with E-state index in [1.54, 1.807) is 63.7 Å². The number of anilines is 1. The zero-order valence-corrected chi connectivity index (χ0v) is 40.7. The Morgan fingerprint density at radius 3 is 1.77 bits per heavy atom. The van der Waals surface area contributed by atoms with E-state index in [1.807, 2.05) is 46.9 Å².